The Morgan fingerprint density at radius 3 is 2.38 bits per heavy atom. The number of rotatable bonds is 10. The maximum atomic E-state index is 13.0. The van der Waals surface area contributed by atoms with Gasteiger partial charge in [-0.05, 0) is 31.0 Å². The number of urea groups is 1. The molecule has 0 aromatic heterocycles. The molecule has 2 aromatic carbocycles. The van der Waals surface area contributed by atoms with Gasteiger partial charge in [0.25, 0.3) is 5.91 Å². The number of ketones is 1. The van der Waals surface area contributed by atoms with E-state index in [1.165, 1.54) is 0 Å². The van der Waals surface area contributed by atoms with Crippen LogP contribution in [-0.4, -0.2) is 54.0 Å². The summed E-state index contributed by atoms with van der Waals surface area (Å²) < 4.78 is 5.69. The van der Waals surface area contributed by atoms with Crippen molar-refractivity contribution < 1.29 is 23.9 Å². The molecule has 10 heteroatoms. The molecule has 0 saturated carbocycles. The van der Waals surface area contributed by atoms with Crippen LogP contribution in [0.15, 0.2) is 54.6 Å². The molecule has 40 heavy (non-hydrogen) atoms. The topological polar surface area (TPSA) is 121 Å². The van der Waals surface area contributed by atoms with E-state index in [0.29, 0.717) is 30.8 Å². The number of ether oxygens (including phenoxy) is 1. The van der Waals surface area contributed by atoms with Crippen molar-refractivity contribution >= 4 is 35.2 Å². The Balaban J connectivity index is 1.59. The largest absolute Gasteiger partial charge is 0.444 e. The molecule has 0 aliphatic carbocycles. The van der Waals surface area contributed by atoms with Gasteiger partial charge >= 0.3 is 12.1 Å². The molecule has 0 radical (unpaired) electrons. The number of benzene rings is 2. The standard InChI is InChI=1S/C30H37N5O5/c1-6-7-13-24(26(36)27(37)32-20(2)21-11-9-8-10-12-21)34-29(39)40-25-18-35(19-30(25,3)4)28(38)33-23-16-14-22(31-5)15-17-23/h8-12,14-17,20,24-25H,6-7,13,18-19H2,1-4H3,(H,32,37)(H,33,38)(H,34,39)/t20-,24+,25-/m1/s1. The first-order valence-corrected chi connectivity index (χ1v) is 13.4. The summed E-state index contributed by atoms with van der Waals surface area (Å²) in [6.07, 6.45) is 0.276. The van der Waals surface area contributed by atoms with E-state index in [1.54, 1.807) is 36.1 Å². The van der Waals surface area contributed by atoms with Gasteiger partial charge in [0.05, 0.1) is 19.2 Å². The minimum Gasteiger partial charge on any atom is -0.444 e. The second kappa shape index (κ2) is 13.6. The van der Waals surface area contributed by atoms with Crippen molar-refractivity contribution in [1.82, 2.24) is 15.5 Å². The highest BCUT2D eigenvalue weighted by molar-refractivity contribution is 6.38. The first kappa shape index (κ1) is 30.2. The monoisotopic (exact) mass is 547 g/mol. The Morgan fingerprint density at radius 1 is 1.07 bits per heavy atom. The van der Waals surface area contributed by atoms with Gasteiger partial charge in [-0.1, -0.05) is 76.1 Å². The third-order valence-electron chi connectivity index (χ3n) is 6.97. The molecule has 212 valence electrons. The number of alkyl carbamates (subject to hydrolysis) is 1. The van der Waals surface area contributed by atoms with Crippen molar-refractivity contribution in [2.75, 3.05) is 18.4 Å². The van der Waals surface area contributed by atoms with Gasteiger partial charge in [-0.2, -0.15) is 0 Å². The lowest BCUT2D eigenvalue weighted by Crippen LogP contribution is -2.49. The fourth-order valence-electron chi connectivity index (χ4n) is 4.51. The zero-order chi connectivity index (χ0) is 29.3. The number of carbonyl (C=O) groups excluding carboxylic acids is 4. The van der Waals surface area contributed by atoms with Gasteiger partial charge in [0.2, 0.25) is 5.78 Å². The summed E-state index contributed by atoms with van der Waals surface area (Å²) in [7, 11) is 0. The molecule has 0 bridgehead atoms. The molecule has 1 fully saturated rings. The second-order valence-corrected chi connectivity index (χ2v) is 10.7. The van der Waals surface area contributed by atoms with E-state index in [2.05, 4.69) is 20.8 Å². The zero-order valence-electron chi connectivity index (χ0n) is 23.4. The number of Topliss-reactive ketones (excluding diaryl/α,β-unsaturated/α-hetero) is 1. The Kier molecular flexibility index (Phi) is 10.3. The second-order valence-electron chi connectivity index (χ2n) is 10.7. The lowest BCUT2D eigenvalue weighted by Gasteiger charge is -2.26. The highest BCUT2D eigenvalue weighted by Gasteiger charge is 2.44. The summed E-state index contributed by atoms with van der Waals surface area (Å²) in [5.41, 5.74) is 1.33. The summed E-state index contributed by atoms with van der Waals surface area (Å²) in [5, 5.41) is 8.10. The number of carbonyl (C=O) groups is 4. The van der Waals surface area contributed by atoms with E-state index in [0.717, 1.165) is 12.0 Å². The molecule has 4 amide bonds. The predicted octanol–water partition coefficient (Wildman–Crippen LogP) is 5.21. The summed E-state index contributed by atoms with van der Waals surface area (Å²) in [6, 6.07) is 14.1. The molecule has 2 aromatic rings. The molecule has 1 saturated heterocycles. The molecule has 3 atom stereocenters. The van der Waals surface area contributed by atoms with Crippen LogP contribution >= 0.6 is 0 Å². The van der Waals surface area contributed by atoms with E-state index in [9.17, 15) is 19.2 Å². The summed E-state index contributed by atoms with van der Waals surface area (Å²) in [5.74, 6) is -1.50. The third-order valence-corrected chi connectivity index (χ3v) is 6.97. The minimum atomic E-state index is -1.03. The van der Waals surface area contributed by atoms with E-state index >= 15 is 0 Å². The van der Waals surface area contributed by atoms with Gasteiger partial charge in [0.1, 0.15) is 12.1 Å². The van der Waals surface area contributed by atoms with Crippen molar-refractivity contribution in [3.63, 3.8) is 0 Å². The average Bonchev–Trinajstić information content (AvgIpc) is 3.24. The molecule has 0 spiro atoms. The van der Waals surface area contributed by atoms with Crippen molar-refractivity contribution in [2.45, 2.75) is 65.1 Å². The number of hydrogen-bond donors (Lipinski definition) is 3. The molecule has 3 rings (SSSR count). The molecular weight excluding hydrogens is 510 g/mol. The van der Waals surface area contributed by atoms with Gasteiger partial charge in [0.15, 0.2) is 5.69 Å². The van der Waals surface area contributed by atoms with Crippen molar-refractivity contribution in [2.24, 2.45) is 5.41 Å². The molecule has 1 heterocycles. The van der Waals surface area contributed by atoms with Crippen LogP contribution in [0.5, 0.6) is 0 Å². The van der Waals surface area contributed by atoms with Crippen LogP contribution in [0.25, 0.3) is 4.85 Å². The maximum absolute atomic E-state index is 13.0. The lowest BCUT2D eigenvalue weighted by molar-refractivity contribution is -0.139. The summed E-state index contributed by atoms with van der Waals surface area (Å²) in [6.45, 7) is 15.1. The van der Waals surface area contributed by atoms with Crippen molar-refractivity contribution in [3.8, 4) is 0 Å². The molecular formula is C30H37N5O5. The number of nitrogens with zero attached hydrogens (tertiary/aromatic N) is 2. The quantitative estimate of drug-likeness (QED) is 0.279. The Hall–Kier alpha value is -4.39. The Bertz CT molecular complexity index is 1240. The molecule has 0 unspecified atom stereocenters. The van der Waals surface area contributed by atoms with Crippen LogP contribution in [-0.2, 0) is 14.3 Å². The van der Waals surface area contributed by atoms with Gasteiger partial charge in [-0.25, -0.2) is 14.4 Å². The average molecular weight is 548 g/mol. The van der Waals surface area contributed by atoms with E-state index < -0.39 is 35.3 Å². The smallest absolute Gasteiger partial charge is 0.408 e. The van der Waals surface area contributed by atoms with Crippen LogP contribution in [0.1, 0.15) is 58.6 Å². The Labute approximate surface area is 235 Å². The molecule has 10 nitrogen and oxygen atoms in total. The van der Waals surface area contributed by atoms with Crippen LogP contribution in [0, 0.1) is 12.0 Å². The van der Waals surface area contributed by atoms with Crippen LogP contribution in [0.4, 0.5) is 21.0 Å². The number of unbranched alkanes of at least 4 members (excludes halogenated alkanes) is 1. The fraction of sp³-hybridized carbons (Fsp3) is 0.433. The third kappa shape index (κ3) is 8.06. The SMILES string of the molecule is [C-]#[N+]c1ccc(NC(=O)N2C[C@@H](OC(=O)N[C@@H](CCCC)C(=O)C(=O)N[C@H](C)c3ccccc3)C(C)(C)C2)cc1. The van der Waals surface area contributed by atoms with E-state index in [4.69, 9.17) is 11.3 Å². The molecule has 1 aliphatic heterocycles. The number of nitrogens with one attached hydrogen (secondary N) is 3. The normalized spacial score (nSPS) is 17.2. The summed E-state index contributed by atoms with van der Waals surface area (Å²) in [4.78, 5) is 56.4. The number of likely N-dealkylation sites (tertiary alicyclic amines) is 1. The molecule has 3 N–H and O–H groups in total. The minimum absolute atomic E-state index is 0.162. The summed E-state index contributed by atoms with van der Waals surface area (Å²) >= 11 is 0. The Morgan fingerprint density at radius 2 is 1.75 bits per heavy atom. The van der Waals surface area contributed by atoms with Gasteiger partial charge < -0.3 is 25.6 Å². The number of hydrogen-bond acceptors (Lipinski definition) is 5. The van der Waals surface area contributed by atoms with Crippen molar-refractivity contribution in [1.29, 1.82) is 0 Å². The van der Waals surface area contributed by atoms with Crippen LogP contribution in [0.2, 0.25) is 0 Å². The van der Waals surface area contributed by atoms with Crippen LogP contribution in [0.3, 0.4) is 0 Å². The van der Waals surface area contributed by atoms with Gasteiger partial charge in [0, 0.05) is 17.6 Å². The maximum Gasteiger partial charge on any atom is 0.408 e. The zero-order valence-corrected chi connectivity index (χ0v) is 23.4. The van der Waals surface area contributed by atoms with E-state index in [1.807, 2.05) is 51.1 Å². The van der Waals surface area contributed by atoms with Gasteiger partial charge in [-0.15, -0.1) is 0 Å². The van der Waals surface area contributed by atoms with Crippen molar-refractivity contribution in [3.05, 3.63) is 71.6 Å². The molecule has 1 aliphatic rings. The fourth-order valence-corrected chi connectivity index (χ4v) is 4.51. The first-order valence-electron chi connectivity index (χ1n) is 13.4. The van der Waals surface area contributed by atoms with E-state index in [-0.39, 0.29) is 18.6 Å². The number of anilines is 1. The lowest BCUT2D eigenvalue weighted by atomic mass is 9.90. The predicted molar refractivity (Wildman–Crippen MR) is 152 cm³/mol. The number of amides is 4. The van der Waals surface area contributed by atoms with Crippen LogP contribution < -0.4 is 16.0 Å². The van der Waals surface area contributed by atoms with Gasteiger partial charge in [-0.3, -0.25) is 9.59 Å². The first-order chi connectivity index (χ1) is 19.0. The highest BCUT2D eigenvalue weighted by Crippen LogP contribution is 2.32. The highest BCUT2D eigenvalue weighted by atomic mass is 16.6.